The second-order valence-corrected chi connectivity index (χ2v) is 6.10. The summed E-state index contributed by atoms with van der Waals surface area (Å²) in [5.74, 6) is 1.73. The molecule has 110 valence electrons. The fourth-order valence-corrected chi connectivity index (χ4v) is 3.93. The molecule has 1 aliphatic heterocycles. The van der Waals surface area contributed by atoms with Crippen LogP contribution in [0.5, 0.6) is 5.75 Å². The number of anilines is 2. The van der Waals surface area contributed by atoms with Crippen molar-refractivity contribution in [2.75, 3.05) is 23.8 Å². The first kappa shape index (κ1) is 13.6. The summed E-state index contributed by atoms with van der Waals surface area (Å²) in [5, 5.41) is 0. The van der Waals surface area contributed by atoms with E-state index in [1.165, 1.54) is 50.8 Å². The summed E-state index contributed by atoms with van der Waals surface area (Å²) < 4.78 is 5.65. The van der Waals surface area contributed by atoms with Gasteiger partial charge in [-0.3, -0.25) is 0 Å². The molecular formula is C17H26N2O. The van der Waals surface area contributed by atoms with Crippen molar-refractivity contribution in [2.24, 2.45) is 5.92 Å². The Kier molecular flexibility index (Phi) is 4.04. The third kappa shape index (κ3) is 2.58. The minimum Gasteiger partial charge on any atom is -0.492 e. The van der Waals surface area contributed by atoms with Crippen molar-refractivity contribution in [1.29, 1.82) is 0 Å². The van der Waals surface area contributed by atoms with Crippen LogP contribution in [0, 0.1) is 5.92 Å². The highest BCUT2D eigenvalue weighted by molar-refractivity contribution is 5.63. The normalized spacial score (nSPS) is 26.1. The van der Waals surface area contributed by atoms with Crippen LogP contribution < -0.4 is 15.4 Å². The minimum absolute atomic E-state index is 0.666. The molecule has 0 aromatic heterocycles. The fraction of sp³-hybridized carbons (Fsp3) is 0.647. The molecule has 1 saturated heterocycles. The predicted octanol–water partition coefficient (Wildman–Crippen LogP) is 3.83. The molecular weight excluding hydrogens is 248 g/mol. The molecule has 2 aliphatic rings. The summed E-state index contributed by atoms with van der Waals surface area (Å²) in [7, 11) is 0. The van der Waals surface area contributed by atoms with E-state index in [0.29, 0.717) is 6.61 Å². The van der Waals surface area contributed by atoms with Crippen LogP contribution in [0.1, 0.15) is 45.4 Å². The van der Waals surface area contributed by atoms with Gasteiger partial charge in [-0.15, -0.1) is 0 Å². The lowest BCUT2D eigenvalue weighted by atomic mass is 9.78. The zero-order valence-electron chi connectivity index (χ0n) is 12.5. The Morgan fingerprint density at radius 3 is 2.85 bits per heavy atom. The molecule has 3 rings (SSSR count). The molecule has 1 aromatic rings. The molecule has 1 aromatic carbocycles. The predicted molar refractivity (Wildman–Crippen MR) is 84.3 cm³/mol. The Morgan fingerprint density at radius 2 is 2.00 bits per heavy atom. The van der Waals surface area contributed by atoms with Gasteiger partial charge in [0.2, 0.25) is 0 Å². The molecule has 0 bridgehead atoms. The lowest BCUT2D eigenvalue weighted by molar-refractivity contribution is 0.243. The number of benzene rings is 1. The maximum atomic E-state index is 5.99. The monoisotopic (exact) mass is 274 g/mol. The van der Waals surface area contributed by atoms with Gasteiger partial charge < -0.3 is 15.4 Å². The van der Waals surface area contributed by atoms with Gasteiger partial charge >= 0.3 is 0 Å². The van der Waals surface area contributed by atoms with Gasteiger partial charge in [-0.1, -0.05) is 12.8 Å². The average Bonchev–Trinajstić information content (AvgIpc) is 2.49. The maximum absolute atomic E-state index is 5.99. The summed E-state index contributed by atoms with van der Waals surface area (Å²) in [4.78, 5) is 2.61. The second-order valence-electron chi connectivity index (χ2n) is 6.10. The number of piperidine rings is 1. The number of nitrogen functional groups attached to an aromatic ring is 1. The van der Waals surface area contributed by atoms with Gasteiger partial charge in [-0.05, 0) is 50.7 Å². The van der Waals surface area contributed by atoms with Crippen molar-refractivity contribution in [3.05, 3.63) is 18.2 Å². The standard InChI is InChI=1S/C17H26N2O/c1-2-20-17-12-14(9-10-15(17)18)19-11-5-7-13-6-3-4-8-16(13)19/h9-10,12-13,16H,2-8,11,18H2,1H3/t13-,16-/m1/s1. The highest BCUT2D eigenvalue weighted by atomic mass is 16.5. The molecule has 2 fully saturated rings. The first-order chi connectivity index (χ1) is 9.79. The van der Waals surface area contributed by atoms with E-state index in [-0.39, 0.29) is 0 Å². The summed E-state index contributed by atoms with van der Waals surface area (Å²) >= 11 is 0. The molecule has 3 nitrogen and oxygen atoms in total. The molecule has 0 unspecified atom stereocenters. The van der Waals surface area contributed by atoms with E-state index in [9.17, 15) is 0 Å². The highest BCUT2D eigenvalue weighted by Gasteiger charge is 2.33. The Bertz CT molecular complexity index is 458. The molecule has 20 heavy (non-hydrogen) atoms. The van der Waals surface area contributed by atoms with Crippen molar-refractivity contribution in [3.63, 3.8) is 0 Å². The number of nitrogens with two attached hydrogens (primary N) is 1. The first-order valence-electron chi connectivity index (χ1n) is 8.08. The fourth-order valence-electron chi connectivity index (χ4n) is 3.93. The topological polar surface area (TPSA) is 38.5 Å². The molecule has 0 spiro atoms. The Labute approximate surface area is 122 Å². The molecule has 2 N–H and O–H groups in total. The van der Waals surface area contributed by atoms with Crippen molar-refractivity contribution < 1.29 is 4.74 Å². The van der Waals surface area contributed by atoms with Crippen LogP contribution in [-0.4, -0.2) is 19.2 Å². The van der Waals surface area contributed by atoms with Crippen LogP contribution in [0.2, 0.25) is 0 Å². The third-order valence-electron chi connectivity index (χ3n) is 4.87. The van der Waals surface area contributed by atoms with Crippen molar-refractivity contribution >= 4 is 11.4 Å². The number of nitrogens with zero attached hydrogens (tertiary/aromatic N) is 1. The third-order valence-corrected chi connectivity index (χ3v) is 4.87. The number of hydrogen-bond donors (Lipinski definition) is 1. The molecule has 1 aliphatic carbocycles. The van der Waals surface area contributed by atoms with Crippen LogP contribution in [0.4, 0.5) is 11.4 Å². The van der Waals surface area contributed by atoms with Gasteiger partial charge in [-0.25, -0.2) is 0 Å². The van der Waals surface area contributed by atoms with E-state index in [1.807, 2.05) is 13.0 Å². The van der Waals surface area contributed by atoms with Gasteiger partial charge in [0, 0.05) is 24.3 Å². The lowest BCUT2D eigenvalue weighted by Crippen LogP contribution is -2.46. The van der Waals surface area contributed by atoms with Gasteiger partial charge in [0.1, 0.15) is 5.75 Å². The molecule has 0 amide bonds. The van der Waals surface area contributed by atoms with E-state index in [1.54, 1.807) is 0 Å². The van der Waals surface area contributed by atoms with Crippen molar-refractivity contribution in [1.82, 2.24) is 0 Å². The van der Waals surface area contributed by atoms with E-state index in [2.05, 4.69) is 17.0 Å². The zero-order chi connectivity index (χ0) is 13.9. The van der Waals surface area contributed by atoms with E-state index < -0.39 is 0 Å². The smallest absolute Gasteiger partial charge is 0.144 e. The van der Waals surface area contributed by atoms with E-state index in [0.717, 1.165) is 23.4 Å². The van der Waals surface area contributed by atoms with Gasteiger partial charge in [-0.2, -0.15) is 0 Å². The van der Waals surface area contributed by atoms with Crippen LogP contribution in [0.3, 0.4) is 0 Å². The summed E-state index contributed by atoms with van der Waals surface area (Å²) in [6.45, 7) is 3.85. The number of fused-ring (bicyclic) bond motifs is 1. The Morgan fingerprint density at radius 1 is 1.20 bits per heavy atom. The zero-order valence-corrected chi connectivity index (χ0v) is 12.5. The molecule has 3 heteroatoms. The van der Waals surface area contributed by atoms with Gasteiger partial charge in [0.05, 0.1) is 12.3 Å². The molecule has 2 atom stereocenters. The van der Waals surface area contributed by atoms with Crippen LogP contribution in [0.25, 0.3) is 0 Å². The lowest BCUT2D eigenvalue weighted by Gasteiger charge is -2.45. The maximum Gasteiger partial charge on any atom is 0.144 e. The van der Waals surface area contributed by atoms with Gasteiger partial charge in [0.15, 0.2) is 0 Å². The van der Waals surface area contributed by atoms with Crippen LogP contribution in [-0.2, 0) is 0 Å². The van der Waals surface area contributed by atoms with Crippen molar-refractivity contribution in [2.45, 2.75) is 51.5 Å². The average molecular weight is 274 g/mol. The molecule has 1 heterocycles. The molecule has 0 radical (unpaired) electrons. The summed E-state index contributed by atoms with van der Waals surface area (Å²) in [6.07, 6.45) is 8.28. The van der Waals surface area contributed by atoms with Crippen molar-refractivity contribution in [3.8, 4) is 5.75 Å². The molecule has 1 saturated carbocycles. The SMILES string of the molecule is CCOc1cc(N2CCC[C@H]3CCCC[C@H]32)ccc1N. The number of rotatable bonds is 3. The summed E-state index contributed by atoms with van der Waals surface area (Å²) in [5.41, 5.74) is 8.03. The second kappa shape index (κ2) is 5.94. The number of hydrogen-bond acceptors (Lipinski definition) is 3. The number of ether oxygens (including phenoxy) is 1. The van der Waals surface area contributed by atoms with Gasteiger partial charge in [0.25, 0.3) is 0 Å². The van der Waals surface area contributed by atoms with E-state index in [4.69, 9.17) is 10.5 Å². The highest BCUT2D eigenvalue weighted by Crippen LogP contribution is 2.39. The van der Waals surface area contributed by atoms with Crippen LogP contribution >= 0.6 is 0 Å². The first-order valence-corrected chi connectivity index (χ1v) is 8.08. The quantitative estimate of drug-likeness (QED) is 0.851. The minimum atomic E-state index is 0.666. The summed E-state index contributed by atoms with van der Waals surface area (Å²) in [6, 6.07) is 7.02. The van der Waals surface area contributed by atoms with E-state index >= 15 is 0 Å². The Balaban J connectivity index is 1.85. The largest absolute Gasteiger partial charge is 0.492 e. The van der Waals surface area contributed by atoms with Crippen LogP contribution in [0.15, 0.2) is 18.2 Å². The Hall–Kier alpha value is -1.38.